The van der Waals surface area contributed by atoms with Gasteiger partial charge in [-0.1, -0.05) is 0 Å². The van der Waals surface area contributed by atoms with Crippen LogP contribution in [0.4, 0.5) is 13.2 Å². The molecule has 1 rings (SSSR count). The zero-order chi connectivity index (χ0) is 12.2. The van der Waals surface area contributed by atoms with Crippen LogP contribution < -0.4 is 0 Å². The molecule has 16 heavy (non-hydrogen) atoms. The molecule has 1 fully saturated rings. The number of allylic oxidation sites excluding steroid dienone is 1. The van der Waals surface area contributed by atoms with Gasteiger partial charge in [-0.15, -0.1) is 0 Å². The molecule has 0 unspecified atom stereocenters. The number of likely N-dealkylation sites (tertiary alicyclic amines) is 1. The van der Waals surface area contributed by atoms with Gasteiger partial charge in [0.1, 0.15) is 5.70 Å². The maximum Gasteiger partial charge on any atom is 0.431 e. The number of carbonyl (C=O) groups is 1. The van der Waals surface area contributed by atoms with E-state index in [9.17, 15) is 18.0 Å². The summed E-state index contributed by atoms with van der Waals surface area (Å²) in [6, 6.07) is 0. The van der Waals surface area contributed by atoms with Gasteiger partial charge in [0.05, 0.1) is 12.7 Å². The van der Waals surface area contributed by atoms with Crippen molar-refractivity contribution < 1.29 is 22.7 Å². The molecule has 0 aromatic heterocycles. The van der Waals surface area contributed by atoms with Crippen LogP contribution in [0.2, 0.25) is 0 Å². The Morgan fingerprint density at radius 1 is 1.38 bits per heavy atom. The molecule has 1 aliphatic rings. The van der Waals surface area contributed by atoms with Gasteiger partial charge in [-0.2, -0.15) is 13.2 Å². The first-order valence-corrected chi connectivity index (χ1v) is 5.15. The van der Waals surface area contributed by atoms with E-state index in [0.717, 1.165) is 12.8 Å². The van der Waals surface area contributed by atoms with E-state index >= 15 is 0 Å². The van der Waals surface area contributed by atoms with E-state index in [4.69, 9.17) is 0 Å². The highest BCUT2D eigenvalue weighted by atomic mass is 19.4. The van der Waals surface area contributed by atoms with Gasteiger partial charge >= 0.3 is 12.1 Å². The Morgan fingerprint density at radius 2 is 1.94 bits per heavy atom. The van der Waals surface area contributed by atoms with E-state index in [0.29, 0.717) is 19.2 Å². The number of ether oxygens (including phenoxy) is 1. The van der Waals surface area contributed by atoms with Crippen molar-refractivity contribution >= 4 is 5.97 Å². The normalized spacial score (nSPS) is 17.8. The molecule has 0 amide bonds. The Hall–Kier alpha value is -1.20. The number of hydrogen-bond donors (Lipinski definition) is 0. The Balaban J connectivity index is 2.82. The molecule has 0 N–H and O–H groups in total. The van der Waals surface area contributed by atoms with Crippen molar-refractivity contribution in [3.8, 4) is 0 Å². The molecular formula is C10H14F3NO2. The van der Waals surface area contributed by atoms with Gasteiger partial charge in [-0.05, 0) is 19.8 Å². The third-order valence-corrected chi connectivity index (χ3v) is 2.28. The first-order valence-electron chi connectivity index (χ1n) is 5.15. The van der Waals surface area contributed by atoms with E-state index in [1.54, 1.807) is 6.92 Å². The molecule has 1 heterocycles. The highest BCUT2D eigenvalue weighted by molar-refractivity contribution is 5.82. The molecule has 0 bridgehead atoms. The van der Waals surface area contributed by atoms with Crippen molar-refractivity contribution in [1.82, 2.24) is 4.90 Å². The molecule has 0 aliphatic carbocycles. The lowest BCUT2D eigenvalue weighted by atomic mass is 10.3. The van der Waals surface area contributed by atoms with Crippen molar-refractivity contribution in [2.24, 2.45) is 0 Å². The minimum Gasteiger partial charge on any atom is -0.463 e. The number of esters is 1. The van der Waals surface area contributed by atoms with Crippen LogP contribution in [0.1, 0.15) is 19.8 Å². The molecular weight excluding hydrogens is 223 g/mol. The number of carbonyl (C=O) groups excluding carboxylic acids is 1. The number of rotatable bonds is 3. The second-order valence-corrected chi connectivity index (χ2v) is 3.47. The monoisotopic (exact) mass is 237 g/mol. The van der Waals surface area contributed by atoms with Crippen molar-refractivity contribution in [3.63, 3.8) is 0 Å². The molecule has 0 saturated carbocycles. The van der Waals surface area contributed by atoms with Crippen LogP contribution in [0, 0.1) is 0 Å². The minimum atomic E-state index is -4.50. The smallest absolute Gasteiger partial charge is 0.431 e. The van der Waals surface area contributed by atoms with Gasteiger partial charge in [0.25, 0.3) is 0 Å². The van der Waals surface area contributed by atoms with Crippen LogP contribution in [0.25, 0.3) is 0 Å². The number of hydrogen-bond acceptors (Lipinski definition) is 3. The average Bonchev–Trinajstić information content (AvgIpc) is 2.65. The topological polar surface area (TPSA) is 29.5 Å². The molecule has 1 aliphatic heterocycles. The van der Waals surface area contributed by atoms with Gasteiger partial charge in [-0.3, -0.25) is 0 Å². The van der Waals surface area contributed by atoms with Gasteiger partial charge in [0.15, 0.2) is 0 Å². The van der Waals surface area contributed by atoms with Crippen LogP contribution >= 0.6 is 0 Å². The summed E-state index contributed by atoms with van der Waals surface area (Å²) in [4.78, 5) is 12.2. The maximum atomic E-state index is 12.7. The third kappa shape index (κ3) is 3.43. The minimum absolute atomic E-state index is 0.0699. The fourth-order valence-corrected chi connectivity index (χ4v) is 1.61. The van der Waals surface area contributed by atoms with Crippen molar-refractivity contribution in [2.75, 3.05) is 19.7 Å². The number of alkyl halides is 3. The highest BCUT2D eigenvalue weighted by Gasteiger charge is 2.39. The Morgan fingerprint density at radius 3 is 2.38 bits per heavy atom. The summed E-state index contributed by atoms with van der Waals surface area (Å²) in [6.45, 7) is 2.30. The lowest BCUT2D eigenvalue weighted by Gasteiger charge is -2.23. The van der Waals surface area contributed by atoms with Crippen LogP contribution in [0.5, 0.6) is 0 Å². The van der Waals surface area contributed by atoms with E-state index in [1.165, 1.54) is 4.90 Å². The third-order valence-electron chi connectivity index (χ3n) is 2.28. The van der Waals surface area contributed by atoms with E-state index in [-0.39, 0.29) is 6.61 Å². The van der Waals surface area contributed by atoms with Crippen LogP contribution in [0.15, 0.2) is 11.8 Å². The molecule has 0 aromatic rings. The zero-order valence-electron chi connectivity index (χ0n) is 9.01. The average molecular weight is 237 g/mol. The molecule has 0 radical (unpaired) electrons. The Kier molecular flexibility index (Phi) is 4.20. The van der Waals surface area contributed by atoms with Crippen LogP contribution in [-0.2, 0) is 9.53 Å². The Bertz CT molecular complexity index is 280. The predicted octanol–water partition coefficient (Wildman–Crippen LogP) is 2.09. The van der Waals surface area contributed by atoms with Gasteiger partial charge in [-0.25, -0.2) is 4.79 Å². The summed E-state index contributed by atoms with van der Waals surface area (Å²) < 4.78 is 42.4. The molecule has 6 heteroatoms. The molecule has 0 aromatic carbocycles. The second kappa shape index (κ2) is 5.23. The summed E-state index contributed by atoms with van der Waals surface area (Å²) in [5, 5.41) is 0. The largest absolute Gasteiger partial charge is 0.463 e. The summed E-state index contributed by atoms with van der Waals surface area (Å²) in [5.74, 6) is -0.943. The standard InChI is InChI=1S/C10H14F3NO2/c1-2-16-9(15)7-8(10(11,12)13)14-5-3-4-6-14/h7H,2-6H2,1H3/b8-7+. The van der Waals surface area contributed by atoms with Crippen LogP contribution in [0.3, 0.4) is 0 Å². The summed E-state index contributed by atoms with van der Waals surface area (Å²) >= 11 is 0. The number of nitrogens with zero attached hydrogens (tertiary/aromatic N) is 1. The van der Waals surface area contributed by atoms with Gasteiger partial charge in [0.2, 0.25) is 0 Å². The summed E-state index contributed by atoms with van der Waals surface area (Å²) in [7, 11) is 0. The fraction of sp³-hybridized carbons (Fsp3) is 0.700. The van der Waals surface area contributed by atoms with Gasteiger partial charge < -0.3 is 9.64 Å². The molecule has 0 atom stereocenters. The molecule has 92 valence electrons. The molecule has 3 nitrogen and oxygen atoms in total. The lowest BCUT2D eigenvalue weighted by Crippen LogP contribution is -2.30. The molecule has 1 saturated heterocycles. The first kappa shape index (κ1) is 12.9. The maximum absolute atomic E-state index is 12.7. The fourth-order valence-electron chi connectivity index (χ4n) is 1.61. The predicted molar refractivity (Wildman–Crippen MR) is 51.6 cm³/mol. The van der Waals surface area contributed by atoms with Crippen molar-refractivity contribution in [1.29, 1.82) is 0 Å². The second-order valence-electron chi connectivity index (χ2n) is 3.47. The quantitative estimate of drug-likeness (QED) is 0.556. The van der Waals surface area contributed by atoms with Crippen molar-refractivity contribution in [2.45, 2.75) is 25.9 Å². The summed E-state index contributed by atoms with van der Waals surface area (Å²) in [5.41, 5.74) is -0.900. The van der Waals surface area contributed by atoms with Gasteiger partial charge in [0, 0.05) is 13.1 Å². The van der Waals surface area contributed by atoms with E-state index < -0.39 is 17.8 Å². The SMILES string of the molecule is CCOC(=O)/C=C(/N1CCCC1)C(F)(F)F. The van der Waals surface area contributed by atoms with Crippen molar-refractivity contribution in [3.05, 3.63) is 11.8 Å². The molecule has 0 spiro atoms. The first-order chi connectivity index (χ1) is 7.45. The zero-order valence-corrected chi connectivity index (χ0v) is 9.01. The highest BCUT2D eigenvalue weighted by Crippen LogP contribution is 2.30. The van der Waals surface area contributed by atoms with E-state index in [2.05, 4.69) is 4.74 Å². The number of halogens is 3. The van der Waals surface area contributed by atoms with E-state index in [1.807, 2.05) is 0 Å². The van der Waals surface area contributed by atoms with Crippen LogP contribution in [-0.4, -0.2) is 36.7 Å². The lowest BCUT2D eigenvalue weighted by molar-refractivity contribution is -0.139. The summed E-state index contributed by atoms with van der Waals surface area (Å²) in [6.07, 6.45) is -2.53. The Labute approximate surface area is 91.9 Å².